The van der Waals surface area contributed by atoms with Crippen molar-refractivity contribution in [3.8, 4) is 0 Å². The minimum Gasteiger partial charge on any atom is -0.302 e. The van der Waals surface area contributed by atoms with Gasteiger partial charge in [-0.1, -0.05) is 90.2 Å². The van der Waals surface area contributed by atoms with Crippen molar-refractivity contribution in [2.24, 2.45) is 0 Å². The second kappa shape index (κ2) is 12.3. The van der Waals surface area contributed by atoms with Gasteiger partial charge in [0.25, 0.3) is 5.91 Å². The van der Waals surface area contributed by atoms with Crippen LogP contribution in [-0.2, 0) is 16.0 Å². The molecular weight excluding hydrogens is 518 g/mol. The summed E-state index contributed by atoms with van der Waals surface area (Å²) in [5, 5.41) is 4.11. The first-order valence-corrected chi connectivity index (χ1v) is 13.4. The molecular formula is C26H22ClN3O2S3. The van der Waals surface area contributed by atoms with Gasteiger partial charge in [0.15, 0.2) is 5.13 Å². The monoisotopic (exact) mass is 539 g/mol. The van der Waals surface area contributed by atoms with E-state index in [9.17, 15) is 9.59 Å². The van der Waals surface area contributed by atoms with E-state index in [0.717, 1.165) is 22.4 Å². The molecule has 1 saturated heterocycles. The van der Waals surface area contributed by atoms with Gasteiger partial charge in [0, 0.05) is 35.5 Å². The van der Waals surface area contributed by atoms with Crippen molar-refractivity contribution < 1.29 is 9.59 Å². The Labute approximate surface area is 222 Å². The molecule has 1 fully saturated rings. The van der Waals surface area contributed by atoms with Crippen LogP contribution in [0.2, 0.25) is 5.02 Å². The van der Waals surface area contributed by atoms with E-state index in [2.05, 4.69) is 10.3 Å². The molecule has 2 aromatic carbocycles. The molecule has 3 aromatic rings. The van der Waals surface area contributed by atoms with Crippen molar-refractivity contribution in [2.45, 2.75) is 19.3 Å². The number of rotatable bonds is 9. The van der Waals surface area contributed by atoms with Gasteiger partial charge >= 0.3 is 0 Å². The number of benzene rings is 2. The summed E-state index contributed by atoms with van der Waals surface area (Å²) in [5.74, 6) is -0.256. The number of anilines is 1. The molecule has 0 atom stereocenters. The number of amides is 2. The predicted octanol–water partition coefficient (Wildman–Crippen LogP) is 6.56. The molecule has 1 aromatic heterocycles. The first-order valence-electron chi connectivity index (χ1n) is 10.9. The van der Waals surface area contributed by atoms with Gasteiger partial charge in [-0.15, -0.1) is 11.3 Å². The van der Waals surface area contributed by atoms with E-state index in [1.807, 2.05) is 66.7 Å². The van der Waals surface area contributed by atoms with E-state index in [1.54, 1.807) is 17.2 Å². The number of hydrogen-bond acceptors (Lipinski definition) is 6. The Kier molecular flexibility index (Phi) is 8.87. The quantitative estimate of drug-likeness (QED) is 0.246. The average Bonchev–Trinajstić information content (AvgIpc) is 3.39. The summed E-state index contributed by atoms with van der Waals surface area (Å²) < 4.78 is 0.515. The van der Waals surface area contributed by atoms with Gasteiger partial charge in [-0.25, -0.2) is 4.98 Å². The average molecular weight is 540 g/mol. The Morgan fingerprint density at radius 1 is 1.14 bits per heavy atom. The fraction of sp³-hybridized carbons (Fsp3) is 0.154. The van der Waals surface area contributed by atoms with Crippen molar-refractivity contribution in [1.82, 2.24) is 9.88 Å². The molecule has 178 valence electrons. The van der Waals surface area contributed by atoms with E-state index < -0.39 is 0 Å². The number of thiazole rings is 1. The summed E-state index contributed by atoms with van der Waals surface area (Å²) in [7, 11) is 0. The third kappa shape index (κ3) is 7.35. The lowest BCUT2D eigenvalue weighted by Gasteiger charge is -2.13. The summed E-state index contributed by atoms with van der Waals surface area (Å²) in [4.78, 5) is 32.6. The van der Waals surface area contributed by atoms with Crippen LogP contribution in [0.15, 0.2) is 77.9 Å². The normalized spacial score (nSPS) is 14.9. The van der Waals surface area contributed by atoms with Crippen molar-refractivity contribution >= 4 is 74.3 Å². The number of hydrogen-bond donors (Lipinski definition) is 1. The second-order valence-electron chi connectivity index (χ2n) is 7.71. The molecule has 0 unspecified atom stereocenters. The molecule has 0 spiro atoms. The minimum absolute atomic E-state index is 0.120. The molecule has 2 heterocycles. The third-order valence-electron chi connectivity index (χ3n) is 5.09. The molecule has 5 nitrogen and oxygen atoms in total. The molecule has 0 aliphatic carbocycles. The summed E-state index contributed by atoms with van der Waals surface area (Å²) in [5.41, 5.74) is 2.19. The minimum atomic E-state index is -0.135. The molecule has 0 radical (unpaired) electrons. The summed E-state index contributed by atoms with van der Waals surface area (Å²) in [6.45, 7) is 0.400. The largest absolute Gasteiger partial charge is 0.302 e. The van der Waals surface area contributed by atoms with Crippen molar-refractivity contribution in [1.29, 1.82) is 0 Å². The Morgan fingerprint density at radius 3 is 2.69 bits per heavy atom. The number of nitrogens with zero attached hydrogens (tertiary/aromatic N) is 2. The molecule has 1 aliphatic heterocycles. The lowest BCUT2D eigenvalue weighted by atomic mass is 10.1. The number of thiocarbonyl (C=S) groups is 1. The standard InChI is InChI=1S/C26H22ClN3O2S3/c27-20-13-11-19(12-14-20)16-21-17-28-25(34-21)29-23(31)10-5-15-30-24(32)22(35-26(30)33)9-4-8-18-6-2-1-3-7-18/h1-4,6-9,11-14,17H,5,10,15-16H2,(H,28,29,31). The summed E-state index contributed by atoms with van der Waals surface area (Å²) >= 11 is 14.0. The maximum absolute atomic E-state index is 12.7. The first-order chi connectivity index (χ1) is 17.0. The number of allylic oxidation sites excluding steroid dienone is 2. The smallest absolute Gasteiger partial charge is 0.266 e. The lowest BCUT2D eigenvalue weighted by molar-refractivity contribution is -0.122. The molecule has 1 aliphatic rings. The van der Waals surface area contributed by atoms with E-state index in [4.69, 9.17) is 23.8 Å². The maximum Gasteiger partial charge on any atom is 0.266 e. The second-order valence-corrected chi connectivity index (χ2v) is 10.9. The molecule has 0 bridgehead atoms. The van der Waals surface area contributed by atoms with Crippen molar-refractivity contribution in [2.75, 3.05) is 11.9 Å². The zero-order valence-electron chi connectivity index (χ0n) is 18.6. The Hall–Kier alpha value is -2.78. The Balaban J connectivity index is 1.22. The van der Waals surface area contributed by atoms with Gasteiger partial charge in [0.1, 0.15) is 4.32 Å². The van der Waals surface area contributed by atoms with Gasteiger partial charge < -0.3 is 5.32 Å². The van der Waals surface area contributed by atoms with Gasteiger partial charge in [-0.05, 0) is 35.8 Å². The third-order valence-corrected chi connectivity index (χ3v) is 7.65. The molecule has 0 saturated carbocycles. The van der Waals surface area contributed by atoms with Crippen LogP contribution in [0.4, 0.5) is 5.13 Å². The topological polar surface area (TPSA) is 62.3 Å². The van der Waals surface area contributed by atoms with Crippen LogP contribution in [0.25, 0.3) is 6.08 Å². The van der Waals surface area contributed by atoms with Crippen molar-refractivity contribution in [3.05, 3.63) is 98.9 Å². The zero-order chi connectivity index (χ0) is 24.6. The van der Waals surface area contributed by atoms with Gasteiger partial charge in [0.05, 0.1) is 4.91 Å². The maximum atomic E-state index is 12.7. The summed E-state index contributed by atoms with van der Waals surface area (Å²) in [6.07, 6.45) is 8.86. The molecule has 1 N–H and O–H groups in total. The molecule has 35 heavy (non-hydrogen) atoms. The fourth-order valence-corrected chi connectivity index (χ4v) is 5.60. The van der Waals surface area contributed by atoms with Gasteiger partial charge in [-0.2, -0.15) is 0 Å². The van der Waals surface area contributed by atoms with Crippen LogP contribution < -0.4 is 5.32 Å². The lowest BCUT2D eigenvalue weighted by Crippen LogP contribution is -2.29. The zero-order valence-corrected chi connectivity index (χ0v) is 21.9. The Morgan fingerprint density at radius 2 is 1.91 bits per heavy atom. The number of carbonyl (C=O) groups excluding carboxylic acids is 2. The fourth-order valence-electron chi connectivity index (χ4n) is 3.35. The number of carbonyl (C=O) groups is 2. The number of thioether (sulfide) groups is 1. The van der Waals surface area contributed by atoms with Crippen LogP contribution in [0.1, 0.15) is 28.8 Å². The van der Waals surface area contributed by atoms with E-state index >= 15 is 0 Å². The van der Waals surface area contributed by atoms with Crippen LogP contribution in [0.5, 0.6) is 0 Å². The van der Waals surface area contributed by atoms with Gasteiger partial charge in [-0.3, -0.25) is 14.5 Å². The Bertz CT molecular complexity index is 1270. The SMILES string of the molecule is O=C(CCCN1C(=O)C(=CC=Cc2ccccc2)SC1=S)Nc1ncc(Cc2ccc(Cl)cc2)s1. The highest BCUT2D eigenvalue weighted by atomic mass is 35.5. The van der Waals surface area contributed by atoms with E-state index in [1.165, 1.54) is 23.1 Å². The van der Waals surface area contributed by atoms with E-state index in [0.29, 0.717) is 32.3 Å². The summed E-state index contributed by atoms with van der Waals surface area (Å²) in [6, 6.07) is 17.5. The highest BCUT2D eigenvalue weighted by Crippen LogP contribution is 2.31. The number of halogens is 1. The van der Waals surface area contributed by atoms with Crippen LogP contribution >= 0.6 is 46.9 Å². The predicted molar refractivity (Wildman–Crippen MR) is 150 cm³/mol. The first kappa shape index (κ1) is 25.3. The number of nitrogens with one attached hydrogen (secondary N) is 1. The van der Waals surface area contributed by atoms with Crippen LogP contribution in [0.3, 0.4) is 0 Å². The van der Waals surface area contributed by atoms with Crippen LogP contribution in [0, 0.1) is 0 Å². The van der Waals surface area contributed by atoms with Crippen LogP contribution in [-0.4, -0.2) is 32.6 Å². The van der Waals surface area contributed by atoms with Crippen molar-refractivity contribution in [3.63, 3.8) is 0 Å². The van der Waals surface area contributed by atoms with Gasteiger partial charge in [0.2, 0.25) is 5.91 Å². The molecule has 2 amide bonds. The molecule has 4 rings (SSSR count). The molecule has 9 heteroatoms. The highest BCUT2D eigenvalue weighted by molar-refractivity contribution is 8.26. The highest BCUT2D eigenvalue weighted by Gasteiger charge is 2.31. The van der Waals surface area contributed by atoms with E-state index in [-0.39, 0.29) is 18.2 Å². The number of aromatic nitrogens is 1.